The first-order valence-electron chi connectivity index (χ1n) is 4.83. The molecule has 9 heteroatoms. The van der Waals surface area contributed by atoms with E-state index in [9.17, 15) is 9.59 Å². The van der Waals surface area contributed by atoms with Crippen LogP contribution in [0.1, 0.15) is 0 Å². The fourth-order valence-electron chi connectivity index (χ4n) is 1.14. The van der Waals surface area contributed by atoms with E-state index in [1.807, 2.05) is 22.8 Å². The van der Waals surface area contributed by atoms with Crippen molar-refractivity contribution in [3.8, 4) is 10.7 Å². The zero-order valence-electron chi connectivity index (χ0n) is 9.04. The van der Waals surface area contributed by atoms with E-state index < -0.39 is 11.9 Å². The molecule has 0 saturated heterocycles. The van der Waals surface area contributed by atoms with Crippen molar-refractivity contribution >= 4 is 35.0 Å². The van der Waals surface area contributed by atoms with Crippen LogP contribution in [0.25, 0.3) is 10.7 Å². The topological polar surface area (TPSA) is 114 Å². The second-order valence-electron chi connectivity index (χ2n) is 3.14. The van der Waals surface area contributed by atoms with Crippen molar-refractivity contribution in [3.63, 3.8) is 0 Å². The molecule has 0 fully saturated rings. The Labute approximate surface area is 110 Å². The largest absolute Gasteiger partial charge is 0.351 e. The number of carbonyl (C=O) groups excluding carboxylic acids is 2. The number of thioether (sulfide) groups is 1. The molecule has 0 saturated carbocycles. The third-order valence-electron chi connectivity index (χ3n) is 1.81. The number of nitrogens with one attached hydrogen (secondary N) is 2. The normalized spacial score (nSPS) is 10.2. The summed E-state index contributed by atoms with van der Waals surface area (Å²) >= 11 is 2.66. The van der Waals surface area contributed by atoms with Gasteiger partial charge in [-0.15, -0.1) is 16.4 Å². The summed E-state index contributed by atoms with van der Waals surface area (Å²) in [6.45, 7) is 0. The van der Waals surface area contributed by atoms with Crippen LogP contribution in [-0.2, 0) is 4.79 Å². The maximum Gasteiger partial charge on any atom is 0.318 e. The minimum atomic E-state index is -0.866. The van der Waals surface area contributed by atoms with Crippen molar-refractivity contribution in [2.75, 3.05) is 5.75 Å². The zero-order chi connectivity index (χ0) is 13.0. The lowest BCUT2D eigenvalue weighted by Crippen LogP contribution is -2.36. The van der Waals surface area contributed by atoms with Gasteiger partial charge in [0.2, 0.25) is 11.1 Å². The highest BCUT2D eigenvalue weighted by molar-refractivity contribution is 7.99. The van der Waals surface area contributed by atoms with Crippen LogP contribution in [0.4, 0.5) is 4.79 Å². The molecule has 0 spiro atoms. The Morgan fingerprint density at radius 3 is 3.06 bits per heavy atom. The minimum absolute atomic E-state index is 0.0324. The number of nitrogens with two attached hydrogens (primary N) is 1. The first-order valence-corrected chi connectivity index (χ1v) is 6.70. The van der Waals surface area contributed by atoms with Gasteiger partial charge in [0.15, 0.2) is 5.82 Å². The number of H-pyrrole nitrogens is 1. The van der Waals surface area contributed by atoms with Crippen molar-refractivity contribution in [2.24, 2.45) is 5.73 Å². The Hall–Kier alpha value is -1.87. The molecule has 18 heavy (non-hydrogen) atoms. The van der Waals surface area contributed by atoms with Gasteiger partial charge in [-0.05, 0) is 11.4 Å². The van der Waals surface area contributed by atoms with Crippen LogP contribution in [0.5, 0.6) is 0 Å². The van der Waals surface area contributed by atoms with Crippen molar-refractivity contribution in [1.29, 1.82) is 0 Å². The Balaban J connectivity index is 1.91. The summed E-state index contributed by atoms with van der Waals surface area (Å²) in [7, 11) is 0. The molecule has 2 aromatic rings. The minimum Gasteiger partial charge on any atom is -0.351 e. The lowest BCUT2D eigenvalue weighted by molar-refractivity contribution is -0.117. The lowest BCUT2D eigenvalue weighted by atomic mass is 10.4. The number of hydrogen-bond acceptors (Lipinski definition) is 6. The molecule has 0 unspecified atom stereocenters. The molecule has 0 aliphatic rings. The van der Waals surface area contributed by atoms with Gasteiger partial charge < -0.3 is 5.73 Å². The van der Waals surface area contributed by atoms with E-state index in [2.05, 4.69) is 15.2 Å². The van der Waals surface area contributed by atoms with Crippen LogP contribution < -0.4 is 11.1 Å². The van der Waals surface area contributed by atoms with Gasteiger partial charge in [0.1, 0.15) is 0 Å². The van der Waals surface area contributed by atoms with Crippen LogP contribution in [0.2, 0.25) is 0 Å². The highest BCUT2D eigenvalue weighted by atomic mass is 32.2. The standard InChI is InChI=1S/C9H9N5O2S2/c10-8(16)11-6(15)4-18-9-12-7(13-14-9)5-2-1-3-17-5/h1-3H,4H2,(H,12,13,14)(H3,10,11,15,16). The number of thiophene rings is 1. The molecule has 0 atom stereocenters. The second-order valence-corrected chi connectivity index (χ2v) is 5.04. The van der Waals surface area contributed by atoms with Crippen LogP contribution in [0.15, 0.2) is 22.7 Å². The molecule has 2 heterocycles. The quantitative estimate of drug-likeness (QED) is 0.719. The number of primary amides is 1. The SMILES string of the molecule is NC(=O)NC(=O)CSc1n[nH]c(-c2cccs2)n1. The van der Waals surface area contributed by atoms with E-state index in [1.165, 1.54) is 11.3 Å². The average Bonchev–Trinajstić information content (AvgIpc) is 2.96. The summed E-state index contributed by atoms with van der Waals surface area (Å²) in [6.07, 6.45) is 0. The van der Waals surface area contributed by atoms with Crippen LogP contribution in [0, 0.1) is 0 Å². The van der Waals surface area contributed by atoms with E-state index in [0.717, 1.165) is 16.6 Å². The fraction of sp³-hybridized carbons (Fsp3) is 0.111. The van der Waals surface area contributed by atoms with Crippen molar-refractivity contribution < 1.29 is 9.59 Å². The molecule has 0 aliphatic carbocycles. The van der Waals surface area contributed by atoms with Gasteiger partial charge in [-0.1, -0.05) is 17.8 Å². The fourth-order valence-corrected chi connectivity index (χ4v) is 2.40. The van der Waals surface area contributed by atoms with Crippen LogP contribution in [0.3, 0.4) is 0 Å². The summed E-state index contributed by atoms with van der Waals surface area (Å²) < 4.78 is 0. The van der Waals surface area contributed by atoms with Crippen molar-refractivity contribution in [2.45, 2.75) is 5.16 Å². The second kappa shape index (κ2) is 5.65. The molecule has 0 aliphatic heterocycles. The molecule has 0 bridgehead atoms. The van der Waals surface area contributed by atoms with Crippen LogP contribution >= 0.6 is 23.1 Å². The summed E-state index contributed by atoms with van der Waals surface area (Å²) in [6, 6.07) is 2.96. The third-order valence-corrected chi connectivity index (χ3v) is 3.54. The highest BCUT2D eigenvalue weighted by Gasteiger charge is 2.10. The maximum atomic E-state index is 11.2. The summed E-state index contributed by atoms with van der Waals surface area (Å²) in [5, 5.41) is 11.1. The van der Waals surface area contributed by atoms with E-state index in [-0.39, 0.29) is 5.75 Å². The molecule has 4 N–H and O–H groups in total. The van der Waals surface area contributed by atoms with Crippen molar-refractivity contribution in [1.82, 2.24) is 20.5 Å². The molecule has 0 aromatic carbocycles. The molecule has 0 radical (unpaired) electrons. The Morgan fingerprint density at radius 1 is 1.56 bits per heavy atom. The van der Waals surface area contributed by atoms with Crippen molar-refractivity contribution in [3.05, 3.63) is 17.5 Å². The van der Waals surface area contributed by atoms with E-state index in [4.69, 9.17) is 5.73 Å². The molecule has 2 rings (SSSR count). The predicted octanol–water partition coefficient (Wildman–Crippen LogP) is 0.820. The number of rotatable bonds is 4. The smallest absolute Gasteiger partial charge is 0.318 e. The molecular weight excluding hydrogens is 274 g/mol. The first-order chi connectivity index (χ1) is 8.65. The molecular formula is C9H9N5O2S2. The highest BCUT2D eigenvalue weighted by Crippen LogP contribution is 2.22. The molecule has 7 nitrogen and oxygen atoms in total. The number of nitrogens with zero attached hydrogens (tertiary/aromatic N) is 2. The number of aromatic nitrogens is 3. The van der Waals surface area contributed by atoms with E-state index >= 15 is 0 Å². The maximum absolute atomic E-state index is 11.2. The Kier molecular flexibility index (Phi) is 3.95. The number of carbonyl (C=O) groups is 2. The zero-order valence-corrected chi connectivity index (χ0v) is 10.7. The van der Waals surface area contributed by atoms with Gasteiger partial charge in [-0.3, -0.25) is 15.2 Å². The van der Waals surface area contributed by atoms with Gasteiger partial charge in [-0.25, -0.2) is 9.78 Å². The Bertz CT molecular complexity index is 551. The van der Waals surface area contributed by atoms with Gasteiger partial charge in [0.25, 0.3) is 0 Å². The third kappa shape index (κ3) is 3.31. The van der Waals surface area contributed by atoms with Gasteiger partial charge in [0.05, 0.1) is 10.6 Å². The number of amides is 3. The molecule has 94 valence electrons. The van der Waals surface area contributed by atoms with E-state index in [1.54, 1.807) is 0 Å². The summed E-state index contributed by atoms with van der Waals surface area (Å²) in [4.78, 5) is 26.8. The summed E-state index contributed by atoms with van der Waals surface area (Å²) in [5.41, 5.74) is 4.81. The van der Waals surface area contributed by atoms with E-state index in [0.29, 0.717) is 11.0 Å². The number of hydrogen-bond donors (Lipinski definition) is 3. The molecule has 3 amide bonds. The van der Waals surface area contributed by atoms with Gasteiger partial charge >= 0.3 is 6.03 Å². The summed E-state index contributed by atoms with van der Waals surface area (Å²) in [5.74, 6) is 0.211. The Morgan fingerprint density at radius 2 is 2.39 bits per heavy atom. The number of urea groups is 1. The van der Waals surface area contributed by atoms with Gasteiger partial charge in [-0.2, -0.15) is 0 Å². The predicted molar refractivity (Wildman–Crippen MR) is 68.1 cm³/mol. The van der Waals surface area contributed by atoms with Crippen LogP contribution in [-0.4, -0.2) is 32.9 Å². The first kappa shape index (κ1) is 12.6. The lowest BCUT2D eigenvalue weighted by Gasteiger charge is -1.97. The van der Waals surface area contributed by atoms with Gasteiger partial charge in [0, 0.05) is 0 Å². The molecule has 2 aromatic heterocycles. The number of imide groups is 1. The average molecular weight is 283 g/mol. The monoisotopic (exact) mass is 283 g/mol. The number of aromatic amines is 1.